The van der Waals surface area contributed by atoms with Crippen LogP contribution in [0.2, 0.25) is 0 Å². The molecular weight excluding hydrogens is 263 g/mol. The van der Waals surface area contributed by atoms with Gasteiger partial charge in [-0.15, -0.1) is 0 Å². The smallest absolute Gasteiger partial charge is 0.143 e. The molecule has 0 heterocycles. The van der Waals surface area contributed by atoms with Gasteiger partial charge in [0.1, 0.15) is 17.4 Å². The Bertz CT molecular complexity index is 834. The van der Waals surface area contributed by atoms with Crippen LogP contribution in [0.3, 0.4) is 0 Å². The van der Waals surface area contributed by atoms with Gasteiger partial charge in [0.15, 0.2) is 0 Å². The van der Waals surface area contributed by atoms with E-state index in [9.17, 15) is 4.39 Å². The van der Waals surface area contributed by atoms with E-state index in [0.29, 0.717) is 12.2 Å². The number of hydrogen-bond donors (Lipinski definition) is 1. The van der Waals surface area contributed by atoms with Crippen LogP contribution in [0.1, 0.15) is 11.1 Å². The molecule has 0 aromatic heterocycles. The van der Waals surface area contributed by atoms with Crippen LogP contribution in [0.4, 0.5) is 10.1 Å². The van der Waals surface area contributed by atoms with Gasteiger partial charge in [0, 0.05) is 6.54 Å². The van der Waals surface area contributed by atoms with Crippen molar-refractivity contribution in [1.82, 2.24) is 0 Å². The van der Waals surface area contributed by atoms with Crippen LogP contribution < -0.4 is 5.32 Å². The summed E-state index contributed by atoms with van der Waals surface area (Å²) < 4.78 is 13.5. The van der Waals surface area contributed by atoms with Gasteiger partial charge < -0.3 is 5.32 Å². The Balaban J connectivity index is 1.84. The second-order valence-electron chi connectivity index (χ2n) is 4.81. The van der Waals surface area contributed by atoms with Crippen molar-refractivity contribution in [3.05, 3.63) is 77.6 Å². The van der Waals surface area contributed by atoms with Gasteiger partial charge in [0.05, 0.1) is 5.69 Å². The van der Waals surface area contributed by atoms with Crippen molar-refractivity contribution >= 4 is 16.5 Å². The molecule has 3 aromatic rings. The highest BCUT2D eigenvalue weighted by Crippen LogP contribution is 2.20. The minimum Gasteiger partial charge on any atom is -0.380 e. The van der Waals surface area contributed by atoms with E-state index in [1.54, 1.807) is 12.1 Å². The molecule has 0 unspecified atom stereocenters. The SMILES string of the molecule is N#Cc1c(F)cccc1NCc1ccc2ccccc2c1. The summed E-state index contributed by atoms with van der Waals surface area (Å²) in [6, 6.07) is 20.8. The Morgan fingerprint density at radius 3 is 2.57 bits per heavy atom. The second kappa shape index (κ2) is 5.64. The second-order valence-corrected chi connectivity index (χ2v) is 4.81. The lowest BCUT2D eigenvalue weighted by Gasteiger charge is -2.09. The van der Waals surface area contributed by atoms with Gasteiger partial charge in [-0.25, -0.2) is 4.39 Å². The Morgan fingerprint density at radius 1 is 0.952 bits per heavy atom. The van der Waals surface area contributed by atoms with Crippen LogP contribution in [0.25, 0.3) is 10.8 Å². The standard InChI is InChI=1S/C18H13FN2/c19-17-6-3-7-18(16(17)11-20)21-12-13-8-9-14-4-1-2-5-15(14)10-13/h1-10,21H,12H2. The molecule has 0 aliphatic heterocycles. The number of nitrogens with one attached hydrogen (secondary N) is 1. The van der Waals surface area contributed by atoms with E-state index < -0.39 is 5.82 Å². The van der Waals surface area contributed by atoms with Gasteiger partial charge in [0.25, 0.3) is 0 Å². The molecule has 21 heavy (non-hydrogen) atoms. The molecular formula is C18H13FN2. The zero-order valence-corrected chi connectivity index (χ0v) is 11.3. The third kappa shape index (κ3) is 2.70. The number of nitriles is 1. The molecule has 0 spiro atoms. The van der Waals surface area contributed by atoms with Crippen LogP contribution in [-0.2, 0) is 6.54 Å². The number of anilines is 1. The highest BCUT2D eigenvalue weighted by molar-refractivity contribution is 5.83. The van der Waals surface area contributed by atoms with Gasteiger partial charge in [-0.3, -0.25) is 0 Å². The average molecular weight is 276 g/mol. The molecule has 0 bridgehead atoms. The number of nitrogens with zero attached hydrogens (tertiary/aromatic N) is 1. The van der Waals surface area contributed by atoms with Gasteiger partial charge in [-0.05, 0) is 34.5 Å². The molecule has 0 saturated heterocycles. The predicted octanol–water partition coefficient (Wildman–Crippen LogP) is 4.46. The predicted molar refractivity (Wildman–Crippen MR) is 82.4 cm³/mol. The van der Waals surface area contributed by atoms with Crippen LogP contribution in [0.15, 0.2) is 60.7 Å². The van der Waals surface area contributed by atoms with E-state index in [0.717, 1.165) is 10.9 Å². The van der Waals surface area contributed by atoms with E-state index in [2.05, 4.69) is 29.6 Å². The first-order chi connectivity index (χ1) is 10.3. The maximum atomic E-state index is 13.5. The highest BCUT2D eigenvalue weighted by atomic mass is 19.1. The molecule has 0 aliphatic carbocycles. The molecule has 0 aliphatic rings. The molecule has 1 N–H and O–H groups in total. The van der Waals surface area contributed by atoms with Crippen LogP contribution >= 0.6 is 0 Å². The molecule has 2 nitrogen and oxygen atoms in total. The lowest BCUT2D eigenvalue weighted by atomic mass is 10.1. The fraction of sp³-hybridized carbons (Fsp3) is 0.0556. The van der Waals surface area contributed by atoms with Gasteiger partial charge in [-0.2, -0.15) is 5.26 Å². The molecule has 3 aromatic carbocycles. The Morgan fingerprint density at radius 2 is 1.76 bits per heavy atom. The minimum atomic E-state index is -0.499. The number of hydrogen-bond acceptors (Lipinski definition) is 2. The fourth-order valence-electron chi connectivity index (χ4n) is 2.33. The molecule has 0 atom stereocenters. The quantitative estimate of drug-likeness (QED) is 0.766. The normalized spacial score (nSPS) is 10.3. The van der Waals surface area contributed by atoms with Gasteiger partial charge in [-0.1, -0.05) is 42.5 Å². The Kier molecular flexibility index (Phi) is 3.53. The first kappa shape index (κ1) is 13.1. The highest BCUT2D eigenvalue weighted by Gasteiger charge is 2.07. The maximum absolute atomic E-state index is 13.5. The first-order valence-electron chi connectivity index (χ1n) is 6.68. The van der Waals surface area contributed by atoms with E-state index in [1.807, 2.05) is 24.3 Å². The number of fused-ring (bicyclic) bond motifs is 1. The van der Waals surface area contributed by atoms with E-state index in [1.165, 1.54) is 11.5 Å². The summed E-state index contributed by atoms with van der Waals surface area (Å²) in [6.07, 6.45) is 0. The summed E-state index contributed by atoms with van der Waals surface area (Å²) in [5.74, 6) is -0.499. The van der Waals surface area contributed by atoms with E-state index in [4.69, 9.17) is 5.26 Å². The number of halogens is 1. The zero-order valence-electron chi connectivity index (χ0n) is 11.3. The lowest BCUT2D eigenvalue weighted by Crippen LogP contribution is -2.02. The maximum Gasteiger partial charge on any atom is 0.143 e. The van der Waals surface area contributed by atoms with Crippen LogP contribution in [0, 0.1) is 17.1 Å². The molecule has 3 rings (SSSR count). The zero-order chi connectivity index (χ0) is 14.7. The summed E-state index contributed by atoms with van der Waals surface area (Å²) >= 11 is 0. The summed E-state index contributed by atoms with van der Waals surface area (Å²) in [5.41, 5.74) is 1.66. The monoisotopic (exact) mass is 276 g/mol. The summed E-state index contributed by atoms with van der Waals surface area (Å²) in [4.78, 5) is 0. The summed E-state index contributed by atoms with van der Waals surface area (Å²) in [7, 11) is 0. The Labute approximate surface area is 122 Å². The van der Waals surface area contributed by atoms with Crippen molar-refractivity contribution in [1.29, 1.82) is 5.26 Å². The van der Waals surface area contributed by atoms with Gasteiger partial charge >= 0.3 is 0 Å². The molecule has 0 fully saturated rings. The van der Waals surface area contributed by atoms with Crippen molar-refractivity contribution < 1.29 is 4.39 Å². The number of rotatable bonds is 3. The van der Waals surface area contributed by atoms with Crippen molar-refractivity contribution in [2.75, 3.05) is 5.32 Å². The van der Waals surface area contributed by atoms with Crippen molar-refractivity contribution in [2.45, 2.75) is 6.54 Å². The number of benzene rings is 3. The molecule has 0 amide bonds. The largest absolute Gasteiger partial charge is 0.380 e. The first-order valence-corrected chi connectivity index (χ1v) is 6.68. The Hall–Kier alpha value is -2.86. The van der Waals surface area contributed by atoms with Crippen molar-refractivity contribution in [3.63, 3.8) is 0 Å². The third-order valence-electron chi connectivity index (χ3n) is 3.42. The summed E-state index contributed by atoms with van der Waals surface area (Å²) in [6.45, 7) is 0.545. The average Bonchev–Trinajstić information content (AvgIpc) is 2.52. The minimum absolute atomic E-state index is 0.0540. The van der Waals surface area contributed by atoms with Crippen LogP contribution in [0.5, 0.6) is 0 Å². The van der Waals surface area contributed by atoms with E-state index >= 15 is 0 Å². The molecule has 3 heteroatoms. The van der Waals surface area contributed by atoms with Crippen molar-refractivity contribution in [3.8, 4) is 6.07 Å². The van der Waals surface area contributed by atoms with Crippen LogP contribution in [-0.4, -0.2) is 0 Å². The fourth-order valence-corrected chi connectivity index (χ4v) is 2.33. The molecule has 102 valence electrons. The molecule has 0 radical (unpaired) electrons. The summed E-state index contributed by atoms with van der Waals surface area (Å²) in [5, 5.41) is 14.5. The molecule has 0 saturated carbocycles. The third-order valence-corrected chi connectivity index (χ3v) is 3.42. The lowest BCUT2D eigenvalue weighted by molar-refractivity contribution is 0.624. The topological polar surface area (TPSA) is 35.8 Å². The van der Waals surface area contributed by atoms with E-state index in [-0.39, 0.29) is 5.56 Å². The van der Waals surface area contributed by atoms with Gasteiger partial charge in [0.2, 0.25) is 0 Å². The van der Waals surface area contributed by atoms with Crippen molar-refractivity contribution in [2.24, 2.45) is 0 Å².